The van der Waals surface area contributed by atoms with E-state index in [1.54, 1.807) is 48.0 Å². The molecule has 0 unspecified atom stereocenters. The van der Waals surface area contributed by atoms with E-state index in [2.05, 4.69) is 5.32 Å². The molecule has 1 aromatic carbocycles. The van der Waals surface area contributed by atoms with Crippen LogP contribution in [0.25, 0.3) is 0 Å². The van der Waals surface area contributed by atoms with Gasteiger partial charge in [-0.3, -0.25) is 19.2 Å². The summed E-state index contributed by atoms with van der Waals surface area (Å²) in [6, 6.07) is 6.11. The van der Waals surface area contributed by atoms with Gasteiger partial charge in [-0.2, -0.15) is 0 Å². The molecule has 2 aliphatic heterocycles. The molecule has 2 fully saturated rings. The average molecular weight is 358 g/mol. The molecule has 0 aromatic heterocycles. The molecule has 1 N–H and O–H groups in total. The minimum Gasteiger partial charge on any atom is -0.335 e. The van der Waals surface area contributed by atoms with Crippen molar-refractivity contribution in [1.82, 2.24) is 14.7 Å². The summed E-state index contributed by atoms with van der Waals surface area (Å²) in [4.78, 5) is 53.4. The highest BCUT2D eigenvalue weighted by Crippen LogP contribution is 2.20. The number of carbonyl (C=O) groups is 4. The van der Waals surface area contributed by atoms with E-state index in [-0.39, 0.29) is 36.7 Å². The number of rotatable bonds is 3. The summed E-state index contributed by atoms with van der Waals surface area (Å²) in [5.74, 6) is -0.581. The van der Waals surface area contributed by atoms with Crippen LogP contribution in [-0.4, -0.2) is 77.6 Å². The normalized spacial score (nSPS) is 20.1. The van der Waals surface area contributed by atoms with Crippen molar-refractivity contribution in [1.29, 1.82) is 0 Å². The number of hydrogen-bond acceptors (Lipinski definition) is 4. The highest BCUT2D eigenvalue weighted by atomic mass is 16.2. The molecule has 2 heterocycles. The molecular weight excluding hydrogens is 336 g/mol. The Bertz CT molecular complexity index is 763. The van der Waals surface area contributed by atoms with Crippen LogP contribution in [0.1, 0.15) is 23.7 Å². The summed E-state index contributed by atoms with van der Waals surface area (Å²) in [5, 5.41) is 2.73. The fourth-order valence-electron chi connectivity index (χ4n) is 3.27. The van der Waals surface area contributed by atoms with E-state index in [9.17, 15) is 19.2 Å². The maximum atomic E-state index is 12.8. The zero-order valence-electron chi connectivity index (χ0n) is 14.9. The van der Waals surface area contributed by atoms with Crippen LogP contribution in [0.15, 0.2) is 24.3 Å². The summed E-state index contributed by atoms with van der Waals surface area (Å²) in [5.41, 5.74) is 1.00. The second kappa shape index (κ2) is 7.15. The van der Waals surface area contributed by atoms with Crippen molar-refractivity contribution in [2.45, 2.75) is 19.4 Å². The predicted molar refractivity (Wildman–Crippen MR) is 94.4 cm³/mol. The van der Waals surface area contributed by atoms with Gasteiger partial charge in [-0.25, -0.2) is 0 Å². The molecule has 138 valence electrons. The molecule has 0 bridgehead atoms. The van der Waals surface area contributed by atoms with E-state index in [0.717, 1.165) is 0 Å². The molecule has 4 amide bonds. The van der Waals surface area contributed by atoms with Crippen molar-refractivity contribution < 1.29 is 19.2 Å². The number of nitrogens with one attached hydrogen (secondary N) is 1. The maximum absolute atomic E-state index is 12.8. The zero-order chi connectivity index (χ0) is 18.8. The number of nitrogens with zero attached hydrogens (tertiary/aromatic N) is 3. The van der Waals surface area contributed by atoms with Gasteiger partial charge in [0.1, 0.15) is 6.04 Å². The van der Waals surface area contributed by atoms with Crippen molar-refractivity contribution in [3.63, 3.8) is 0 Å². The Morgan fingerprint density at radius 1 is 1.23 bits per heavy atom. The average Bonchev–Trinajstić information content (AvgIpc) is 2.65. The number of fused-ring (bicyclic) bond motifs is 1. The van der Waals surface area contributed by atoms with Gasteiger partial charge < -0.3 is 20.0 Å². The molecule has 0 spiro atoms. The molecule has 3 rings (SSSR count). The van der Waals surface area contributed by atoms with Gasteiger partial charge in [-0.1, -0.05) is 13.0 Å². The monoisotopic (exact) mass is 358 g/mol. The van der Waals surface area contributed by atoms with E-state index >= 15 is 0 Å². The first-order chi connectivity index (χ1) is 12.4. The van der Waals surface area contributed by atoms with Gasteiger partial charge in [-0.05, 0) is 18.2 Å². The molecule has 0 saturated carbocycles. The fourth-order valence-corrected chi connectivity index (χ4v) is 3.27. The molecule has 8 heteroatoms. The molecule has 2 aliphatic rings. The number of carbonyl (C=O) groups excluding carboxylic acids is 4. The second-order valence-corrected chi connectivity index (χ2v) is 6.53. The molecule has 1 aromatic rings. The van der Waals surface area contributed by atoms with E-state index in [0.29, 0.717) is 30.8 Å². The molecule has 0 radical (unpaired) electrons. The van der Waals surface area contributed by atoms with Gasteiger partial charge in [0.15, 0.2) is 0 Å². The number of benzene rings is 1. The molecule has 26 heavy (non-hydrogen) atoms. The Balaban J connectivity index is 1.75. The lowest BCUT2D eigenvalue weighted by atomic mass is 10.1. The van der Waals surface area contributed by atoms with Gasteiger partial charge in [0, 0.05) is 37.8 Å². The lowest BCUT2D eigenvalue weighted by Crippen LogP contribution is -2.66. The van der Waals surface area contributed by atoms with Crippen molar-refractivity contribution in [2.24, 2.45) is 0 Å². The zero-order valence-corrected chi connectivity index (χ0v) is 14.9. The van der Waals surface area contributed by atoms with E-state index in [4.69, 9.17) is 0 Å². The van der Waals surface area contributed by atoms with Gasteiger partial charge in [0.2, 0.25) is 17.7 Å². The molecule has 0 aliphatic carbocycles. The van der Waals surface area contributed by atoms with Gasteiger partial charge >= 0.3 is 0 Å². The van der Waals surface area contributed by atoms with Crippen molar-refractivity contribution in [3.05, 3.63) is 29.8 Å². The Morgan fingerprint density at radius 3 is 2.73 bits per heavy atom. The SMILES string of the molecule is CCC(=O)Nc1cccc(C(=O)N2CCN3C(=O)CN(C)C(=O)[C@@H]3C2)c1. The molecule has 1 atom stereocenters. The minimum atomic E-state index is -0.623. The van der Waals surface area contributed by atoms with E-state index in [1.807, 2.05) is 0 Å². The summed E-state index contributed by atoms with van der Waals surface area (Å²) < 4.78 is 0. The number of likely N-dealkylation sites (N-methyl/N-ethyl adjacent to an activating group) is 1. The van der Waals surface area contributed by atoms with Gasteiger partial charge in [0.05, 0.1) is 13.1 Å². The summed E-state index contributed by atoms with van der Waals surface area (Å²) in [7, 11) is 1.60. The standard InChI is InChI=1S/C18H22N4O4/c1-3-15(23)19-13-6-4-5-12(9-13)17(25)21-7-8-22-14(10-21)18(26)20(2)11-16(22)24/h4-6,9,14H,3,7-8,10-11H2,1-2H3,(H,19,23)/t14-/m0/s1. The quantitative estimate of drug-likeness (QED) is 0.833. The third kappa shape index (κ3) is 3.40. The van der Waals surface area contributed by atoms with Crippen LogP contribution in [0, 0.1) is 0 Å². The van der Waals surface area contributed by atoms with Crippen LogP contribution in [0.4, 0.5) is 5.69 Å². The van der Waals surface area contributed by atoms with Crippen LogP contribution < -0.4 is 5.32 Å². The molecular formula is C18H22N4O4. The van der Waals surface area contributed by atoms with Crippen LogP contribution in [-0.2, 0) is 14.4 Å². The lowest BCUT2D eigenvalue weighted by Gasteiger charge is -2.45. The van der Waals surface area contributed by atoms with Gasteiger partial charge in [-0.15, -0.1) is 0 Å². The van der Waals surface area contributed by atoms with Crippen molar-refractivity contribution >= 4 is 29.3 Å². The van der Waals surface area contributed by atoms with Crippen LogP contribution in [0.2, 0.25) is 0 Å². The van der Waals surface area contributed by atoms with Gasteiger partial charge in [0.25, 0.3) is 5.91 Å². The first kappa shape index (κ1) is 17.9. The molecule has 8 nitrogen and oxygen atoms in total. The smallest absolute Gasteiger partial charge is 0.254 e. The number of hydrogen-bond donors (Lipinski definition) is 1. The topological polar surface area (TPSA) is 90.0 Å². The number of amides is 4. The molecule has 2 saturated heterocycles. The van der Waals surface area contributed by atoms with Crippen molar-refractivity contribution in [3.8, 4) is 0 Å². The predicted octanol–water partition coefficient (Wildman–Crippen LogP) is 0.160. The third-order valence-electron chi connectivity index (χ3n) is 4.74. The highest BCUT2D eigenvalue weighted by molar-refractivity contribution is 5.99. The Labute approximate surface area is 151 Å². The van der Waals surface area contributed by atoms with Crippen LogP contribution in [0.3, 0.4) is 0 Å². The Kier molecular flexibility index (Phi) is 4.92. The lowest BCUT2D eigenvalue weighted by molar-refractivity contribution is -0.157. The van der Waals surface area contributed by atoms with Crippen LogP contribution in [0.5, 0.6) is 0 Å². The fraction of sp³-hybridized carbons (Fsp3) is 0.444. The first-order valence-corrected chi connectivity index (χ1v) is 8.64. The summed E-state index contributed by atoms with van der Waals surface area (Å²) in [6.45, 7) is 2.75. The maximum Gasteiger partial charge on any atom is 0.254 e. The summed E-state index contributed by atoms with van der Waals surface area (Å²) in [6.07, 6.45) is 0.353. The summed E-state index contributed by atoms with van der Waals surface area (Å²) >= 11 is 0. The highest BCUT2D eigenvalue weighted by Gasteiger charge is 2.42. The first-order valence-electron chi connectivity index (χ1n) is 8.64. The number of piperazine rings is 2. The van der Waals surface area contributed by atoms with Crippen LogP contribution >= 0.6 is 0 Å². The number of anilines is 1. The Morgan fingerprint density at radius 2 is 2.00 bits per heavy atom. The van der Waals surface area contributed by atoms with E-state index in [1.165, 1.54) is 4.90 Å². The Hall–Kier alpha value is -2.90. The van der Waals surface area contributed by atoms with Crippen molar-refractivity contribution in [2.75, 3.05) is 38.5 Å². The third-order valence-corrected chi connectivity index (χ3v) is 4.74. The minimum absolute atomic E-state index is 0.0858. The second-order valence-electron chi connectivity index (χ2n) is 6.53. The largest absolute Gasteiger partial charge is 0.335 e. The van der Waals surface area contributed by atoms with E-state index < -0.39 is 6.04 Å².